The molecular formula is C15H16ClFN2O. The first kappa shape index (κ1) is 14.8. The molecule has 1 atom stereocenters. The summed E-state index contributed by atoms with van der Waals surface area (Å²) in [6, 6.07) is 11.8. The first-order chi connectivity index (χ1) is 9.65. The summed E-state index contributed by atoms with van der Waals surface area (Å²) in [6.45, 7) is 0. The molecule has 3 nitrogen and oxygen atoms in total. The number of hydrazine groups is 1. The van der Waals surface area contributed by atoms with Gasteiger partial charge in [0.25, 0.3) is 0 Å². The van der Waals surface area contributed by atoms with Crippen molar-refractivity contribution in [3.05, 3.63) is 64.4 Å². The average molecular weight is 295 g/mol. The molecule has 0 aromatic heterocycles. The summed E-state index contributed by atoms with van der Waals surface area (Å²) in [5.41, 5.74) is 4.19. The Morgan fingerprint density at radius 3 is 2.70 bits per heavy atom. The molecule has 0 aliphatic rings. The van der Waals surface area contributed by atoms with Crippen molar-refractivity contribution in [2.75, 3.05) is 7.11 Å². The van der Waals surface area contributed by atoms with Gasteiger partial charge in [0.2, 0.25) is 0 Å². The lowest BCUT2D eigenvalue weighted by Crippen LogP contribution is -2.29. The molecular weight excluding hydrogens is 279 g/mol. The molecule has 0 spiro atoms. The minimum Gasteiger partial charge on any atom is -0.495 e. The van der Waals surface area contributed by atoms with Crippen molar-refractivity contribution in [3.8, 4) is 5.75 Å². The van der Waals surface area contributed by atoms with Crippen LogP contribution in [0.1, 0.15) is 17.2 Å². The summed E-state index contributed by atoms with van der Waals surface area (Å²) in [6.07, 6.45) is 0.438. The highest BCUT2D eigenvalue weighted by molar-refractivity contribution is 6.32. The number of nitrogens with two attached hydrogens (primary N) is 1. The maximum absolute atomic E-state index is 13.7. The summed E-state index contributed by atoms with van der Waals surface area (Å²) in [5, 5.41) is 0.526. The van der Waals surface area contributed by atoms with E-state index in [0.717, 1.165) is 5.56 Å². The highest BCUT2D eigenvalue weighted by Gasteiger charge is 2.14. The van der Waals surface area contributed by atoms with Gasteiger partial charge in [-0.2, -0.15) is 0 Å². The molecule has 0 aliphatic heterocycles. The van der Waals surface area contributed by atoms with Crippen LogP contribution in [0, 0.1) is 5.82 Å². The van der Waals surface area contributed by atoms with E-state index in [2.05, 4.69) is 5.43 Å². The van der Waals surface area contributed by atoms with Crippen molar-refractivity contribution in [1.29, 1.82) is 0 Å². The van der Waals surface area contributed by atoms with Gasteiger partial charge in [-0.15, -0.1) is 0 Å². The molecule has 106 valence electrons. The highest BCUT2D eigenvalue weighted by atomic mass is 35.5. The molecule has 2 aromatic rings. The largest absolute Gasteiger partial charge is 0.495 e. The second-order valence-corrected chi connectivity index (χ2v) is 4.82. The maximum Gasteiger partial charge on any atom is 0.137 e. The predicted molar refractivity (Wildman–Crippen MR) is 78.2 cm³/mol. The smallest absolute Gasteiger partial charge is 0.137 e. The van der Waals surface area contributed by atoms with Gasteiger partial charge in [0, 0.05) is 0 Å². The fourth-order valence-corrected chi connectivity index (χ4v) is 2.24. The summed E-state index contributed by atoms with van der Waals surface area (Å²) < 4.78 is 18.9. The third kappa shape index (κ3) is 3.28. The van der Waals surface area contributed by atoms with E-state index >= 15 is 0 Å². The number of nitrogens with one attached hydrogen (secondary N) is 1. The zero-order chi connectivity index (χ0) is 14.5. The molecule has 0 fully saturated rings. The molecule has 0 aliphatic carbocycles. The molecule has 2 rings (SSSR count). The van der Waals surface area contributed by atoms with Gasteiger partial charge < -0.3 is 4.74 Å². The molecule has 0 amide bonds. The number of halogens is 2. The lowest BCUT2D eigenvalue weighted by atomic mass is 9.99. The molecule has 0 radical (unpaired) electrons. The second-order valence-electron chi connectivity index (χ2n) is 4.41. The summed E-state index contributed by atoms with van der Waals surface area (Å²) >= 11 is 5.99. The molecule has 0 bridgehead atoms. The van der Waals surface area contributed by atoms with E-state index in [0.29, 0.717) is 22.8 Å². The first-order valence-corrected chi connectivity index (χ1v) is 6.56. The van der Waals surface area contributed by atoms with Crippen LogP contribution in [0.2, 0.25) is 5.02 Å². The highest BCUT2D eigenvalue weighted by Crippen LogP contribution is 2.29. The van der Waals surface area contributed by atoms with Crippen LogP contribution in [-0.4, -0.2) is 7.11 Å². The zero-order valence-corrected chi connectivity index (χ0v) is 11.8. The fraction of sp³-hybridized carbons (Fsp3) is 0.200. The van der Waals surface area contributed by atoms with Crippen molar-refractivity contribution < 1.29 is 9.13 Å². The fourth-order valence-electron chi connectivity index (χ4n) is 2.05. The Labute approximate surface area is 122 Å². The van der Waals surface area contributed by atoms with Gasteiger partial charge in [0.15, 0.2) is 0 Å². The van der Waals surface area contributed by atoms with Crippen LogP contribution in [0.4, 0.5) is 4.39 Å². The Bertz CT molecular complexity index is 592. The van der Waals surface area contributed by atoms with Crippen molar-refractivity contribution >= 4 is 11.6 Å². The minimum absolute atomic E-state index is 0.224. The van der Waals surface area contributed by atoms with E-state index in [-0.39, 0.29) is 11.9 Å². The van der Waals surface area contributed by atoms with Crippen LogP contribution in [-0.2, 0) is 6.42 Å². The molecule has 0 saturated heterocycles. The number of hydrogen-bond donors (Lipinski definition) is 2. The number of benzene rings is 2. The molecule has 0 saturated carbocycles. The average Bonchev–Trinajstić information content (AvgIpc) is 2.47. The van der Waals surface area contributed by atoms with Crippen molar-refractivity contribution in [2.24, 2.45) is 5.84 Å². The molecule has 1 unspecified atom stereocenters. The van der Waals surface area contributed by atoms with Crippen LogP contribution >= 0.6 is 11.6 Å². The topological polar surface area (TPSA) is 47.3 Å². The van der Waals surface area contributed by atoms with Gasteiger partial charge in [0.1, 0.15) is 11.6 Å². The quantitative estimate of drug-likeness (QED) is 0.657. The van der Waals surface area contributed by atoms with E-state index in [1.54, 1.807) is 37.4 Å². The van der Waals surface area contributed by atoms with Gasteiger partial charge >= 0.3 is 0 Å². The Balaban J connectivity index is 2.26. The van der Waals surface area contributed by atoms with Crippen LogP contribution in [0.15, 0.2) is 42.5 Å². The second kappa shape index (κ2) is 6.70. The molecule has 20 heavy (non-hydrogen) atoms. The minimum atomic E-state index is -0.242. The Hall–Kier alpha value is -1.62. The third-order valence-electron chi connectivity index (χ3n) is 3.16. The lowest BCUT2D eigenvalue weighted by Gasteiger charge is -2.18. The van der Waals surface area contributed by atoms with E-state index < -0.39 is 0 Å². The van der Waals surface area contributed by atoms with Gasteiger partial charge in [-0.05, 0) is 35.7 Å². The Morgan fingerprint density at radius 2 is 2.05 bits per heavy atom. The van der Waals surface area contributed by atoms with Gasteiger partial charge in [-0.1, -0.05) is 35.9 Å². The predicted octanol–water partition coefficient (Wildman–Crippen LogP) is 3.23. The van der Waals surface area contributed by atoms with Crippen LogP contribution in [0.25, 0.3) is 0 Å². The van der Waals surface area contributed by atoms with Gasteiger partial charge in [-0.25, -0.2) is 4.39 Å². The van der Waals surface area contributed by atoms with E-state index in [9.17, 15) is 4.39 Å². The number of methoxy groups -OCH3 is 1. The summed E-state index contributed by atoms with van der Waals surface area (Å²) in [4.78, 5) is 0. The number of rotatable bonds is 5. The summed E-state index contributed by atoms with van der Waals surface area (Å²) in [7, 11) is 1.55. The van der Waals surface area contributed by atoms with E-state index in [1.165, 1.54) is 6.07 Å². The van der Waals surface area contributed by atoms with Gasteiger partial charge in [0.05, 0.1) is 18.2 Å². The maximum atomic E-state index is 13.7. The summed E-state index contributed by atoms with van der Waals surface area (Å²) in [5.74, 6) is 5.91. The van der Waals surface area contributed by atoms with Gasteiger partial charge in [-0.3, -0.25) is 11.3 Å². The van der Waals surface area contributed by atoms with Crippen LogP contribution in [0.5, 0.6) is 5.75 Å². The van der Waals surface area contributed by atoms with Crippen molar-refractivity contribution in [1.82, 2.24) is 5.43 Å². The van der Waals surface area contributed by atoms with E-state index in [1.807, 2.05) is 6.07 Å². The van der Waals surface area contributed by atoms with E-state index in [4.69, 9.17) is 22.2 Å². The van der Waals surface area contributed by atoms with Crippen molar-refractivity contribution in [2.45, 2.75) is 12.5 Å². The van der Waals surface area contributed by atoms with Crippen LogP contribution < -0.4 is 16.0 Å². The number of ether oxygens (including phenoxy) is 1. The van der Waals surface area contributed by atoms with Crippen LogP contribution in [0.3, 0.4) is 0 Å². The standard InChI is InChI=1S/C15H16ClFN2O/c1-20-15-9-11(6-7-12(15)16)14(19-18)8-10-4-2-3-5-13(10)17/h2-7,9,14,19H,8,18H2,1H3. The van der Waals surface area contributed by atoms with Crippen molar-refractivity contribution in [3.63, 3.8) is 0 Å². The Kier molecular flexibility index (Phi) is 4.95. The molecule has 5 heteroatoms. The first-order valence-electron chi connectivity index (χ1n) is 6.18. The monoisotopic (exact) mass is 294 g/mol. The SMILES string of the molecule is COc1cc(C(Cc2ccccc2F)NN)ccc1Cl. The number of hydrogen-bond acceptors (Lipinski definition) is 3. The normalized spacial score (nSPS) is 12.2. The third-order valence-corrected chi connectivity index (χ3v) is 3.47. The lowest BCUT2D eigenvalue weighted by molar-refractivity contribution is 0.413. The zero-order valence-electron chi connectivity index (χ0n) is 11.1. The Morgan fingerprint density at radius 1 is 1.30 bits per heavy atom. The molecule has 3 N–H and O–H groups in total. The molecule has 2 aromatic carbocycles. The molecule has 0 heterocycles.